The van der Waals surface area contributed by atoms with E-state index in [4.69, 9.17) is 19.3 Å². The van der Waals surface area contributed by atoms with Crippen LogP contribution in [0.25, 0.3) is 0 Å². The molecule has 1 aromatic rings. The van der Waals surface area contributed by atoms with E-state index >= 15 is 0 Å². The van der Waals surface area contributed by atoms with Gasteiger partial charge in [0.25, 0.3) is 0 Å². The van der Waals surface area contributed by atoms with Crippen molar-refractivity contribution in [1.82, 2.24) is 15.5 Å². The SMILES string of the molecule is CNC(=O)CCCC[C@@H]1SC[C@H]2[C@@H]1NC(=O)N2Cc1c(OC)cc(OP(=O)(O)O)cc1OC. The number of hydrogen-bond donors (Lipinski definition) is 4. The minimum absolute atomic E-state index is 0.00752. The highest BCUT2D eigenvalue weighted by Gasteiger charge is 2.48. The third-order valence-corrected chi connectivity index (χ3v) is 7.74. The molecule has 0 saturated carbocycles. The lowest BCUT2D eigenvalue weighted by molar-refractivity contribution is -0.120. The summed E-state index contributed by atoms with van der Waals surface area (Å²) in [6.07, 6.45) is 3.13. The summed E-state index contributed by atoms with van der Waals surface area (Å²) in [4.78, 5) is 44.1. The van der Waals surface area contributed by atoms with Crippen molar-refractivity contribution in [1.29, 1.82) is 0 Å². The van der Waals surface area contributed by atoms with Crippen LogP contribution in [-0.2, 0) is 15.9 Å². The molecule has 2 aliphatic heterocycles. The molecule has 2 aliphatic rings. The number of ether oxygens (including phenoxy) is 2. The van der Waals surface area contributed by atoms with Crippen LogP contribution < -0.4 is 24.6 Å². The fourth-order valence-corrected chi connectivity index (χ4v) is 6.21. The number of phosphoric acid groups is 1. The zero-order chi connectivity index (χ0) is 24.2. The van der Waals surface area contributed by atoms with Gasteiger partial charge >= 0.3 is 13.9 Å². The standard InChI is InChI=1S/C20H30N3O8PS/c1-21-18(24)7-5-4-6-17-19-14(11-33-17)23(20(25)22-19)10-13-15(29-2)8-12(9-16(13)30-3)31-32(26,27)28/h8-9,14,17,19H,4-7,10-11H2,1-3H3,(H,21,24)(H,22,25)(H2,26,27,28)/t14-,17-,19-/m0/s1. The molecule has 3 amide bonds. The molecule has 11 nitrogen and oxygen atoms in total. The van der Waals surface area contributed by atoms with Gasteiger partial charge in [0.05, 0.1) is 38.4 Å². The van der Waals surface area contributed by atoms with Crippen molar-refractivity contribution < 1.29 is 37.9 Å². The minimum Gasteiger partial charge on any atom is -0.496 e. The van der Waals surface area contributed by atoms with Gasteiger partial charge in [0.2, 0.25) is 5.91 Å². The number of nitrogens with zero attached hydrogens (tertiary/aromatic N) is 1. The van der Waals surface area contributed by atoms with Crippen molar-refractivity contribution in [3.63, 3.8) is 0 Å². The van der Waals surface area contributed by atoms with Crippen LogP contribution >= 0.6 is 19.6 Å². The van der Waals surface area contributed by atoms with E-state index in [0.717, 1.165) is 25.0 Å². The van der Waals surface area contributed by atoms with Crippen molar-refractivity contribution in [2.45, 2.75) is 49.6 Å². The van der Waals surface area contributed by atoms with E-state index in [-0.39, 0.29) is 41.6 Å². The lowest BCUT2D eigenvalue weighted by atomic mass is 10.0. The van der Waals surface area contributed by atoms with Crippen molar-refractivity contribution in [2.24, 2.45) is 0 Å². The summed E-state index contributed by atoms with van der Waals surface area (Å²) in [6, 6.07) is 2.55. The van der Waals surface area contributed by atoms with Crippen molar-refractivity contribution in [3.8, 4) is 17.2 Å². The van der Waals surface area contributed by atoms with Gasteiger partial charge in [0.1, 0.15) is 17.2 Å². The van der Waals surface area contributed by atoms with E-state index in [2.05, 4.69) is 15.2 Å². The van der Waals surface area contributed by atoms with Crippen LogP contribution in [0.4, 0.5) is 4.79 Å². The zero-order valence-corrected chi connectivity index (χ0v) is 20.5. The Morgan fingerprint density at radius 2 is 1.94 bits per heavy atom. The first-order chi connectivity index (χ1) is 15.7. The molecule has 0 radical (unpaired) electrons. The summed E-state index contributed by atoms with van der Waals surface area (Å²) in [5.74, 6) is 1.31. The number of unbranched alkanes of at least 4 members (excludes halogenated alkanes) is 1. The van der Waals surface area contributed by atoms with Crippen LogP contribution in [0.5, 0.6) is 17.2 Å². The van der Waals surface area contributed by atoms with Crippen LogP contribution in [0, 0.1) is 0 Å². The van der Waals surface area contributed by atoms with Crippen LogP contribution in [0.1, 0.15) is 31.2 Å². The first-order valence-electron chi connectivity index (χ1n) is 10.6. The van der Waals surface area contributed by atoms with Crippen LogP contribution in [-0.4, -0.2) is 71.0 Å². The quantitative estimate of drug-likeness (QED) is 0.202. The Morgan fingerprint density at radius 3 is 2.52 bits per heavy atom. The van der Waals surface area contributed by atoms with E-state index in [9.17, 15) is 14.2 Å². The summed E-state index contributed by atoms with van der Waals surface area (Å²) in [7, 11) is -0.278. The smallest absolute Gasteiger partial charge is 0.496 e. The first kappa shape index (κ1) is 25.5. The molecule has 0 aromatic heterocycles. The van der Waals surface area contributed by atoms with Crippen LogP contribution in [0.15, 0.2) is 12.1 Å². The van der Waals surface area contributed by atoms with Gasteiger partial charge in [-0.05, 0) is 12.8 Å². The molecule has 4 N–H and O–H groups in total. The molecular weight excluding hydrogens is 473 g/mol. The van der Waals surface area contributed by atoms with Gasteiger partial charge in [-0.2, -0.15) is 11.8 Å². The number of phosphoric ester groups is 1. The number of carbonyl (C=O) groups excluding carboxylic acids is 2. The molecule has 1 aromatic carbocycles. The largest absolute Gasteiger partial charge is 0.524 e. The van der Waals surface area contributed by atoms with E-state index in [1.807, 2.05) is 11.8 Å². The number of benzene rings is 1. The Labute approximate surface area is 196 Å². The average molecular weight is 504 g/mol. The Morgan fingerprint density at radius 1 is 1.27 bits per heavy atom. The molecule has 2 heterocycles. The number of rotatable bonds is 11. The predicted octanol–water partition coefficient (Wildman–Crippen LogP) is 1.86. The number of carbonyl (C=O) groups is 2. The van der Waals surface area contributed by atoms with Crippen molar-refractivity contribution >= 4 is 31.5 Å². The van der Waals surface area contributed by atoms with Gasteiger partial charge in [0, 0.05) is 36.6 Å². The van der Waals surface area contributed by atoms with Gasteiger partial charge in [-0.25, -0.2) is 9.36 Å². The summed E-state index contributed by atoms with van der Waals surface area (Å²) >= 11 is 1.82. The number of amides is 3. The summed E-state index contributed by atoms with van der Waals surface area (Å²) in [5.41, 5.74) is 0.577. The maximum absolute atomic E-state index is 12.8. The molecule has 3 rings (SSSR count). The third-order valence-electron chi connectivity index (χ3n) is 5.80. The highest BCUT2D eigenvalue weighted by molar-refractivity contribution is 8.00. The number of thioether (sulfide) groups is 1. The predicted molar refractivity (Wildman–Crippen MR) is 123 cm³/mol. The topological polar surface area (TPSA) is 147 Å². The first-order valence-corrected chi connectivity index (χ1v) is 13.1. The Bertz CT molecular complexity index is 902. The molecular formula is C20H30N3O8PS. The number of nitrogens with one attached hydrogen (secondary N) is 2. The molecule has 2 saturated heterocycles. The molecule has 0 spiro atoms. The second kappa shape index (κ2) is 10.9. The molecule has 33 heavy (non-hydrogen) atoms. The number of hydrogen-bond acceptors (Lipinski definition) is 7. The second-order valence-corrected chi connectivity index (χ2v) is 10.3. The number of fused-ring (bicyclic) bond motifs is 1. The Kier molecular flexibility index (Phi) is 8.38. The van der Waals surface area contributed by atoms with Gasteiger partial charge in [0.15, 0.2) is 0 Å². The lowest BCUT2D eigenvalue weighted by Gasteiger charge is -2.24. The fraction of sp³-hybridized carbons (Fsp3) is 0.600. The normalized spacial score (nSPS) is 22.0. The average Bonchev–Trinajstić information content (AvgIpc) is 3.29. The summed E-state index contributed by atoms with van der Waals surface area (Å²) < 4.78 is 26.7. The monoisotopic (exact) mass is 503 g/mol. The molecule has 3 atom stereocenters. The fourth-order valence-electron chi connectivity index (χ4n) is 4.21. The molecule has 0 bridgehead atoms. The third kappa shape index (κ3) is 6.26. The molecule has 0 unspecified atom stereocenters. The maximum Gasteiger partial charge on any atom is 0.524 e. The van der Waals surface area contributed by atoms with Gasteiger partial charge in [-0.1, -0.05) is 6.42 Å². The lowest BCUT2D eigenvalue weighted by Crippen LogP contribution is -2.38. The highest BCUT2D eigenvalue weighted by Crippen LogP contribution is 2.44. The van der Waals surface area contributed by atoms with E-state index in [0.29, 0.717) is 23.5 Å². The summed E-state index contributed by atoms with van der Waals surface area (Å²) in [5, 5.41) is 5.99. The van der Waals surface area contributed by atoms with E-state index in [1.54, 1.807) is 11.9 Å². The second-order valence-electron chi connectivity index (χ2n) is 7.85. The van der Waals surface area contributed by atoms with Crippen LogP contribution in [0.3, 0.4) is 0 Å². The van der Waals surface area contributed by atoms with Crippen molar-refractivity contribution in [2.75, 3.05) is 27.0 Å². The van der Waals surface area contributed by atoms with Gasteiger partial charge in [-0.15, -0.1) is 0 Å². The van der Waals surface area contributed by atoms with Crippen molar-refractivity contribution in [3.05, 3.63) is 17.7 Å². The molecule has 184 valence electrons. The van der Waals surface area contributed by atoms with E-state index in [1.165, 1.54) is 26.4 Å². The van der Waals surface area contributed by atoms with Crippen LogP contribution in [0.2, 0.25) is 0 Å². The zero-order valence-electron chi connectivity index (χ0n) is 18.8. The number of methoxy groups -OCH3 is 2. The van der Waals surface area contributed by atoms with E-state index < -0.39 is 7.82 Å². The molecule has 13 heteroatoms. The Balaban J connectivity index is 1.70. The maximum atomic E-state index is 12.8. The van der Waals surface area contributed by atoms with Gasteiger partial charge in [-0.3, -0.25) is 14.6 Å². The molecule has 0 aliphatic carbocycles. The molecule has 2 fully saturated rings. The minimum atomic E-state index is -4.75. The summed E-state index contributed by atoms with van der Waals surface area (Å²) in [6.45, 7) is 0.208. The van der Waals surface area contributed by atoms with Gasteiger partial charge < -0.3 is 29.5 Å². The Hall–Kier alpha value is -2.14. The number of urea groups is 1. The highest BCUT2D eigenvalue weighted by atomic mass is 32.2.